The average Bonchev–Trinajstić information content (AvgIpc) is 3.19. The van der Waals surface area contributed by atoms with Crippen LogP contribution in [0, 0.1) is 5.41 Å². The van der Waals surface area contributed by atoms with Gasteiger partial charge in [0.25, 0.3) is 5.91 Å². The van der Waals surface area contributed by atoms with Gasteiger partial charge in [-0.2, -0.15) is 0 Å². The van der Waals surface area contributed by atoms with E-state index in [2.05, 4.69) is 17.6 Å². The van der Waals surface area contributed by atoms with Crippen LogP contribution in [0.25, 0.3) is 0 Å². The maximum atomic E-state index is 11.8. The van der Waals surface area contributed by atoms with Crippen molar-refractivity contribution in [3.05, 3.63) is 23.8 Å². The Labute approximate surface area is 121 Å². The van der Waals surface area contributed by atoms with Gasteiger partial charge in [0.2, 0.25) is 0 Å². The predicted octanol–water partition coefficient (Wildman–Crippen LogP) is 3.01. The molecule has 1 aromatic carbocycles. The van der Waals surface area contributed by atoms with Crippen LogP contribution in [0.15, 0.2) is 18.2 Å². The number of nitrogens with one attached hydrogen (secondary N) is 2. The number of carbonyl (C=O) groups excluding carboxylic acids is 1. The highest BCUT2D eigenvalue weighted by Crippen LogP contribution is 2.49. The fourth-order valence-corrected chi connectivity index (χ4v) is 2.62. The number of nitrogens with two attached hydrogens (primary N) is 1. The Balaban J connectivity index is 2.03. The molecule has 0 heterocycles. The summed E-state index contributed by atoms with van der Waals surface area (Å²) in [6.07, 6.45) is 5.07. The molecule has 4 N–H and O–H groups in total. The van der Waals surface area contributed by atoms with E-state index in [-0.39, 0.29) is 5.91 Å². The Bertz CT molecular complexity index is 481. The van der Waals surface area contributed by atoms with Gasteiger partial charge in [0.1, 0.15) is 0 Å². The molecule has 0 atom stereocenters. The molecule has 1 aliphatic carbocycles. The van der Waals surface area contributed by atoms with Crippen LogP contribution >= 0.6 is 0 Å². The van der Waals surface area contributed by atoms with Gasteiger partial charge < -0.3 is 16.4 Å². The number of benzene rings is 1. The average molecular weight is 275 g/mol. The zero-order chi connectivity index (χ0) is 14.6. The van der Waals surface area contributed by atoms with E-state index < -0.39 is 0 Å². The fourth-order valence-electron chi connectivity index (χ4n) is 2.62. The molecule has 0 aliphatic heterocycles. The third kappa shape index (κ3) is 3.44. The molecule has 4 heteroatoms. The Morgan fingerprint density at radius 1 is 1.35 bits per heavy atom. The number of anilines is 2. The first kappa shape index (κ1) is 14.7. The Hall–Kier alpha value is -1.71. The van der Waals surface area contributed by atoms with Crippen LogP contribution in [0.2, 0.25) is 0 Å². The highest BCUT2D eigenvalue weighted by molar-refractivity contribution is 5.96. The molecule has 0 unspecified atom stereocenters. The molecule has 0 spiro atoms. The second-order valence-corrected chi connectivity index (χ2v) is 5.77. The normalized spacial score (nSPS) is 15.7. The van der Waals surface area contributed by atoms with Gasteiger partial charge >= 0.3 is 0 Å². The molecular weight excluding hydrogens is 250 g/mol. The van der Waals surface area contributed by atoms with Crippen molar-refractivity contribution in [3.8, 4) is 0 Å². The number of amides is 1. The summed E-state index contributed by atoms with van der Waals surface area (Å²) in [4.78, 5) is 11.8. The van der Waals surface area contributed by atoms with Gasteiger partial charge in [-0.05, 0) is 49.8 Å². The standard InChI is InChI=1S/C16H25N3O/c1-3-7-16(8-9-16)11-19-14-10-12(5-6-13(14)17)15(20)18-4-2/h5-6,10,19H,3-4,7-9,11,17H2,1-2H3,(H,18,20). The van der Waals surface area contributed by atoms with Crippen molar-refractivity contribution in [3.63, 3.8) is 0 Å². The van der Waals surface area contributed by atoms with Crippen molar-refractivity contribution in [2.75, 3.05) is 24.1 Å². The molecule has 0 bridgehead atoms. The lowest BCUT2D eigenvalue weighted by Gasteiger charge is -2.17. The lowest BCUT2D eigenvalue weighted by atomic mass is 10.0. The largest absolute Gasteiger partial charge is 0.397 e. The van der Waals surface area contributed by atoms with Crippen molar-refractivity contribution >= 4 is 17.3 Å². The summed E-state index contributed by atoms with van der Waals surface area (Å²) in [5.41, 5.74) is 8.68. The number of hydrogen-bond donors (Lipinski definition) is 3. The molecule has 20 heavy (non-hydrogen) atoms. The molecule has 1 fully saturated rings. The van der Waals surface area contributed by atoms with Gasteiger partial charge in [0.05, 0.1) is 11.4 Å². The summed E-state index contributed by atoms with van der Waals surface area (Å²) >= 11 is 0. The van der Waals surface area contributed by atoms with E-state index in [9.17, 15) is 4.79 Å². The fraction of sp³-hybridized carbons (Fsp3) is 0.562. The SMILES string of the molecule is CCCC1(CNc2cc(C(=O)NCC)ccc2N)CC1. The number of rotatable bonds is 7. The van der Waals surface area contributed by atoms with Crippen LogP contribution in [0.4, 0.5) is 11.4 Å². The molecule has 110 valence electrons. The van der Waals surface area contributed by atoms with E-state index in [1.165, 1.54) is 25.7 Å². The summed E-state index contributed by atoms with van der Waals surface area (Å²) in [7, 11) is 0. The van der Waals surface area contributed by atoms with Gasteiger partial charge in [-0.1, -0.05) is 13.3 Å². The Morgan fingerprint density at radius 3 is 2.70 bits per heavy atom. The quantitative estimate of drug-likeness (QED) is 0.670. The number of carbonyl (C=O) groups is 1. The summed E-state index contributed by atoms with van der Waals surface area (Å²) in [6, 6.07) is 5.42. The van der Waals surface area contributed by atoms with E-state index in [1.54, 1.807) is 12.1 Å². The van der Waals surface area contributed by atoms with Gasteiger partial charge in [-0.15, -0.1) is 0 Å². The predicted molar refractivity (Wildman–Crippen MR) is 83.9 cm³/mol. The molecular formula is C16H25N3O. The second kappa shape index (κ2) is 6.16. The van der Waals surface area contributed by atoms with Crippen LogP contribution in [-0.2, 0) is 0 Å². The Kier molecular flexibility index (Phi) is 4.53. The highest BCUT2D eigenvalue weighted by atomic mass is 16.1. The van der Waals surface area contributed by atoms with Crippen LogP contribution in [0.3, 0.4) is 0 Å². The van der Waals surface area contributed by atoms with Crippen LogP contribution in [0.1, 0.15) is 49.9 Å². The monoisotopic (exact) mass is 275 g/mol. The molecule has 0 aromatic heterocycles. The summed E-state index contributed by atoms with van der Waals surface area (Å²) in [6.45, 7) is 5.72. The smallest absolute Gasteiger partial charge is 0.251 e. The highest BCUT2D eigenvalue weighted by Gasteiger charge is 2.41. The van der Waals surface area contributed by atoms with Crippen molar-refractivity contribution in [2.45, 2.75) is 39.5 Å². The Morgan fingerprint density at radius 2 is 2.10 bits per heavy atom. The van der Waals surface area contributed by atoms with E-state index in [1.807, 2.05) is 13.0 Å². The van der Waals surface area contributed by atoms with Gasteiger partial charge in [-0.3, -0.25) is 4.79 Å². The minimum Gasteiger partial charge on any atom is -0.397 e. The molecule has 0 saturated heterocycles. The van der Waals surface area contributed by atoms with Crippen LogP contribution in [0.5, 0.6) is 0 Å². The lowest BCUT2D eigenvalue weighted by molar-refractivity contribution is 0.0956. The van der Waals surface area contributed by atoms with Crippen molar-refractivity contribution < 1.29 is 4.79 Å². The third-order valence-electron chi connectivity index (χ3n) is 4.04. The number of hydrogen-bond acceptors (Lipinski definition) is 3. The van der Waals surface area contributed by atoms with E-state index in [4.69, 9.17) is 5.73 Å². The van der Waals surface area contributed by atoms with Crippen molar-refractivity contribution in [2.24, 2.45) is 5.41 Å². The van der Waals surface area contributed by atoms with Gasteiger partial charge in [0.15, 0.2) is 0 Å². The van der Waals surface area contributed by atoms with Crippen molar-refractivity contribution in [1.82, 2.24) is 5.32 Å². The molecule has 1 amide bonds. The zero-order valence-electron chi connectivity index (χ0n) is 12.5. The first-order chi connectivity index (χ1) is 9.60. The van der Waals surface area contributed by atoms with E-state index >= 15 is 0 Å². The molecule has 4 nitrogen and oxygen atoms in total. The third-order valence-corrected chi connectivity index (χ3v) is 4.04. The van der Waals surface area contributed by atoms with E-state index in [0.717, 1.165) is 12.2 Å². The molecule has 2 rings (SSSR count). The zero-order valence-corrected chi connectivity index (χ0v) is 12.5. The van der Waals surface area contributed by atoms with Gasteiger partial charge in [-0.25, -0.2) is 0 Å². The van der Waals surface area contributed by atoms with Crippen molar-refractivity contribution in [1.29, 1.82) is 0 Å². The topological polar surface area (TPSA) is 67.2 Å². The summed E-state index contributed by atoms with van der Waals surface area (Å²) < 4.78 is 0. The first-order valence-electron chi connectivity index (χ1n) is 7.52. The minimum absolute atomic E-state index is 0.0507. The maximum absolute atomic E-state index is 11.8. The molecule has 0 radical (unpaired) electrons. The summed E-state index contributed by atoms with van der Waals surface area (Å²) in [5, 5.41) is 6.24. The molecule has 1 saturated carbocycles. The second-order valence-electron chi connectivity index (χ2n) is 5.77. The van der Waals surface area contributed by atoms with Crippen LogP contribution < -0.4 is 16.4 Å². The molecule has 1 aliphatic rings. The maximum Gasteiger partial charge on any atom is 0.251 e. The minimum atomic E-state index is -0.0507. The summed E-state index contributed by atoms with van der Waals surface area (Å²) in [5.74, 6) is -0.0507. The number of nitrogen functional groups attached to an aromatic ring is 1. The first-order valence-corrected chi connectivity index (χ1v) is 7.52. The molecule has 1 aromatic rings. The van der Waals surface area contributed by atoms with Crippen LogP contribution in [-0.4, -0.2) is 19.0 Å². The van der Waals surface area contributed by atoms with E-state index in [0.29, 0.717) is 23.2 Å². The van der Waals surface area contributed by atoms with Gasteiger partial charge in [0, 0.05) is 18.7 Å². The lowest BCUT2D eigenvalue weighted by Crippen LogP contribution is -2.23.